The Morgan fingerprint density at radius 2 is 1.74 bits per heavy atom. The van der Waals surface area contributed by atoms with Crippen LogP contribution in [0.1, 0.15) is 16.8 Å². The molecule has 0 unspecified atom stereocenters. The Morgan fingerprint density at radius 1 is 1.03 bits per heavy atom. The number of methoxy groups -OCH3 is 1. The minimum absolute atomic E-state index is 0.190. The van der Waals surface area contributed by atoms with Crippen LogP contribution in [0.15, 0.2) is 77.7 Å². The zero-order valence-corrected chi connectivity index (χ0v) is 20.3. The van der Waals surface area contributed by atoms with Gasteiger partial charge in [0.2, 0.25) is 0 Å². The molecule has 34 heavy (non-hydrogen) atoms. The number of amides is 1. The smallest absolute Gasteiger partial charge is 0.270 e. The topological polar surface area (TPSA) is 34.5 Å². The number of hydrogen-bond donors (Lipinski definition) is 0. The Labute approximate surface area is 206 Å². The molecule has 0 spiro atoms. The van der Waals surface area contributed by atoms with Gasteiger partial charge in [-0.25, -0.2) is 4.39 Å². The van der Waals surface area contributed by atoms with Crippen molar-refractivity contribution in [1.82, 2.24) is 4.57 Å². The molecule has 7 heteroatoms. The SMILES string of the molecule is COc1ccccc1N1C(=O)/C(=C/c2c(C)n(Cc3ccccc3F)c3ccccc23)SC1=S. The van der Waals surface area contributed by atoms with E-state index >= 15 is 0 Å². The Morgan fingerprint density at radius 3 is 2.53 bits per heavy atom. The number of fused-ring (bicyclic) bond motifs is 1. The number of carbonyl (C=O) groups excluding carboxylic acids is 1. The summed E-state index contributed by atoms with van der Waals surface area (Å²) in [6, 6.07) is 22.1. The highest BCUT2D eigenvalue weighted by molar-refractivity contribution is 8.27. The van der Waals surface area contributed by atoms with Crippen molar-refractivity contribution >= 4 is 56.9 Å². The summed E-state index contributed by atoms with van der Waals surface area (Å²) in [7, 11) is 1.57. The number of benzene rings is 3. The molecule has 1 saturated heterocycles. The first kappa shape index (κ1) is 22.4. The van der Waals surface area contributed by atoms with Gasteiger partial charge in [0.15, 0.2) is 4.32 Å². The van der Waals surface area contributed by atoms with E-state index in [4.69, 9.17) is 17.0 Å². The lowest BCUT2D eigenvalue weighted by atomic mass is 10.1. The molecule has 0 radical (unpaired) electrons. The number of para-hydroxylation sites is 3. The van der Waals surface area contributed by atoms with E-state index in [1.807, 2.05) is 61.5 Å². The Hall–Kier alpha value is -3.42. The molecular formula is C27H21FN2O2S2. The molecule has 0 aliphatic carbocycles. The second kappa shape index (κ2) is 9.08. The molecule has 1 amide bonds. The van der Waals surface area contributed by atoms with Gasteiger partial charge in [0.25, 0.3) is 5.91 Å². The molecule has 0 bridgehead atoms. The number of hydrogen-bond acceptors (Lipinski definition) is 4. The van der Waals surface area contributed by atoms with Gasteiger partial charge in [0.05, 0.1) is 24.2 Å². The maximum Gasteiger partial charge on any atom is 0.270 e. The van der Waals surface area contributed by atoms with E-state index in [0.717, 1.165) is 22.2 Å². The summed E-state index contributed by atoms with van der Waals surface area (Å²) in [5, 5.41) is 0.999. The van der Waals surface area contributed by atoms with Crippen molar-refractivity contribution in [1.29, 1.82) is 0 Å². The zero-order chi connectivity index (χ0) is 23.8. The molecule has 4 nitrogen and oxygen atoms in total. The van der Waals surface area contributed by atoms with Crippen molar-refractivity contribution in [2.24, 2.45) is 0 Å². The maximum atomic E-state index is 14.4. The summed E-state index contributed by atoms with van der Waals surface area (Å²) < 4.78 is 22.4. The Kier molecular flexibility index (Phi) is 5.98. The average molecular weight is 489 g/mol. The number of thiocarbonyl (C=S) groups is 1. The van der Waals surface area contributed by atoms with E-state index in [9.17, 15) is 9.18 Å². The minimum atomic E-state index is -0.237. The van der Waals surface area contributed by atoms with E-state index in [2.05, 4.69) is 4.57 Å². The lowest BCUT2D eigenvalue weighted by molar-refractivity contribution is -0.113. The van der Waals surface area contributed by atoms with Crippen LogP contribution in [0, 0.1) is 12.7 Å². The number of aromatic nitrogens is 1. The summed E-state index contributed by atoms with van der Waals surface area (Å²) in [6.45, 7) is 2.39. The second-order valence-electron chi connectivity index (χ2n) is 7.88. The molecule has 3 aromatic carbocycles. The summed E-state index contributed by atoms with van der Waals surface area (Å²) in [5.74, 6) is 0.154. The molecule has 5 rings (SSSR count). The van der Waals surface area contributed by atoms with Gasteiger partial charge < -0.3 is 9.30 Å². The lowest BCUT2D eigenvalue weighted by Crippen LogP contribution is -2.27. The highest BCUT2D eigenvalue weighted by Gasteiger charge is 2.35. The molecule has 1 aliphatic heterocycles. The fourth-order valence-corrected chi connectivity index (χ4v) is 5.53. The number of thioether (sulfide) groups is 1. The fraction of sp³-hybridized carbons (Fsp3) is 0.111. The van der Waals surface area contributed by atoms with Crippen molar-refractivity contribution in [2.45, 2.75) is 13.5 Å². The van der Waals surface area contributed by atoms with E-state index in [1.54, 1.807) is 25.3 Å². The zero-order valence-electron chi connectivity index (χ0n) is 18.6. The van der Waals surface area contributed by atoms with Crippen LogP contribution in [-0.4, -0.2) is 21.9 Å². The first-order valence-corrected chi connectivity index (χ1v) is 11.9. The summed E-state index contributed by atoms with van der Waals surface area (Å²) in [5.41, 5.74) is 4.09. The molecule has 0 saturated carbocycles. The van der Waals surface area contributed by atoms with Crippen LogP contribution < -0.4 is 9.64 Å². The van der Waals surface area contributed by atoms with Crippen LogP contribution in [-0.2, 0) is 11.3 Å². The third kappa shape index (κ3) is 3.81. The van der Waals surface area contributed by atoms with Crippen LogP contribution >= 0.6 is 24.0 Å². The van der Waals surface area contributed by atoms with Gasteiger partial charge in [-0.05, 0) is 37.3 Å². The molecule has 4 aromatic rings. The van der Waals surface area contributed by atoms with Crippen LogP contribution in [0.5, 0.6) is 5.75 Å². The third-order valence-electron chi connectivity index (χ3n) is 5.96. The van der Waals surface area contributed by atoms with Gasteiger partial charge in [-0.15, -0.1) is 0 Å². The third-order valence-corrected chi connectivity index (χ3v) is 7.26. The van der Waals surface area contributed by atoms with Gasteiger partial charge >= 0.3 is 0 Å². The Bertz CT molecular complexity index is 1470. The van der Waals surface area contributed by atoms with E-state index < -0.39 is 0 Å². The molecular weight excluding hydrogens is 467 g/mol. The van der Waals surface area contributed by atoms with Gasteiger partial charge in [-0.2, -0.15) is 0 Å². The van der Waals surface area contributed by atoms with Crippen molar-refractivity contribution in [3.63, 3.8) is 0 Å². The van der Waals surface area contributed by atoms with Crippen LogP contribution in [0.2, 0.25) is 0 Å². The average Bonchev–Trinajstić information content (AvgIpc) is 3.28. The first-order valence-electron chi connectivity index (χ1n) is 10.7. The quantitative estimate of drug-likeness (QED) is 0.236. The molecule has 2 heterocycles. The van der Waals surface area contributed by atoms with Crippen molar-refractivity contribution in [3.8, 4) is 5.75 Å². The number of rotatable bonds is 5. The van der Waals surface area contributed by atoms with Gasteiger partial charge in [0, 0.05) is 27.7 Å². The molecule has 0 N–H and O–H groups in total. The van der Waals surface area contributed by atoms with Crippen molar-refractivity contribution in [2.75, 3.05) is 12.0 Å². The monoisotopic (exact) mass is 488 g/mol. The maximum absolute atomic E-state index is 14.4. The van der Waals surface area contributed by atoms with Crippen LogP contribution in [0.4, 0.5) is 10.1 Å². The fourth-order valence-electron chi connectivity index (χ4n) is 4.26. The second-order valence-corrected chi connectivity index (χ2v) is 9.56. The predicted octanol–water partition coefficient (Wildman–Crippen LogP) is 6.55. The van der Waals surface area contributed by atoms with E-state index in [0.29, 0.717) is 32.8 Å². The highest BCUT2D eigenvalue weighted by Crippen LogP contribution is 2.41. The predicted molar refractivity (Wildman–Crippen MR) is 141 cm³/mol. The number of carbonyl (C=O) groups is 1. The van der Waals surface area contributed by atoms with Crippen molar-refractivity contribution < 1.29 is 13.9 Å². The highest BCUT2D eigenvalue weighted by atomic mass is 32.2. The standard InChI is InChI=1S/C27H21FN2O2S2/c1-17-20(15-25-26(31)30(27(33)34-25)23-13-7-8-14-24(23)32-2)19-10-4-6-12-22(19)29(17)16-18-9-3-5-11-21(18)28/h3-15H,16H2,1-2H3/b25-15-. The van der Waals surface area contributed by atoms with E-state index in [1.165, 1.54) is 22.7 Å². The number of nitrogens with zero attached hydrogens (tertiary/aromatic N) is 2. The largest absolute Gasteiger partial charge is 0.495 e. The summed E-state index contributed by atoms with van der Waals surface area (Å²) >= 11 is 6.83. The molecule has 1 aliphatic rings. The number of ether oxygens (including phenoxy) is 1. The molecule has 1 fully saturated rings. The first-order chi connectivity index (χ1) is 16.5. The molecule has 0 atom stereocenters. The van der Waals surface area contributed by atoms with Crippen molar-refractivity contribution in [3.05, 3.63) is 100 Å². The normalized spacial score (nSPS) is 15.0. The lowest BCUT2D eigenvalue weighted by Gasteiger charge is -2.17. The van der Waals surface area contributed by atoms with Crippen LogP contribution in [0.3, 0.4) is 0 Å². The number of anilines is 1. The van der Waals surface area contributed by atoms with Gasteiger partial charge in [-0.3, -0.25) is 9.69 Å². The van der Waals surface area contributed by atoms with E-state index in [-0.39, 0.29) is 11.7 Å². The molecule has 1 aromatic heterocycles. The van der Waals surface area contributed by atoms with Gasteiger partial charge in [-0.1, -0.05) is 72.5 Å². The van der Waals surface area contributed by atoms with Crippen LogP contribution in [0.25, 0.3) is 17.0 Å². The molecule has 170 valence electrons. The minimum Gasteiger partial charge on any atom is -0.495 e. The van der Waals surface area contributed by atoms with Gasteiger partial charge in [0.1, 0.15) is 11.6 Å². The summed E-state index contributed by atoms with van der Waals surface area (Å²) in [4.78, 5) is 15.5. The summed E-state index contributed by atoms with van der Waals surface area (Å²) in [6.07, 6.45) is 1.89. The Balaban J connectivity index is 1.59. The number of halogens is 1.